The summed E-state index contributed by atoms with van der Waals surface area (Å²) in [6, 6.07) is 3.85. The van der Waals surface area contributed by atoms with Crippen LogP contribution in [0.3, 0.4) is 0 Å². The first-order chi connectivity index (χ1) is 7.35. The van der Waals surface area contributed by atoms with Crippen LogP contribution in [0.25, 0.3) is 0 Å². The third kappa shape index (κ3) is 2.89. The molecule has 0 spiro atoms. The van der Waals surface area contributed by atoms with Gasteiger partial charge in [0.2, 0.25) is 0 Å². The molecule has 0 fully saturated rings. The van der Waals surface area contributed by atoms with Crippen molar-refractivity contribution in [2.45, 2.75) is 26.4 Å². The zero-order valence-electron chi connectivity index (χ0n) is 9.41. The number of aldehydes is 1. The second-order valence-corrected chi connectivity index (χ2v) is 4.32. The standard InChI is InChI=1S/C12H13FO3/c1-12(2,3)16-11(15)8-5-4-6-10(13)9(8)7-14/h4-7H,1-3H3. The van der Waals surface area contributed by atoms with Gasteiger partial charge in [0.25, 0.3) is 0 Å². The number of rotatable bonds is 2. The lowest BCUT2D eigenvalue weighted by atomic mass is 10.1. The summed E-state index contributed by atoms with van der Waals surface area (Å²) in [5.41, 5.74) is -0.995. The van der Waals surface area contributed by atoms with Gasteiger partial charge in [-0.15, -0.1) is 0 Å². The first-order valence-corrected chi connectivity index (χ1v) is 4.82. The molecule has 0 unspecified atom stereocenters. The first-order valence-electron chi connectivity index (χ1n) is 4.82. The minimum Gasteiger partial charge on any atom is -0.456 e. The normalized spacial score (nSPS) is 11.0. The fourth-order valence-electron chi connectivity index (χ4n) is 1.17. The van der Waals surface area contributed by atoms with Crippen LogP contribution >= 0.6 is 0 Å². The Morgan fingerprint density at radius 1 is 1.38 bits per heavy atom. The van der Waals surface area contributed by atoms with E-state index in [1.54, 1.807) is 20.8 Å². The van der Waals surface area contributed by atoms with E-state index < -0.39 is 17.4 Å². The lowest BCUT2D eigenvalue weighted by Crippen LogP contribution is -2.24. The van der Waals surface area contributed by atoms with Crippen LogP contribution in [-0.2, 0) is 4.74 Å². The van der Waals surface area contributed by atoms with Crippen LogP contribution in [0.4, 0.5) is 4.39 Å². The van der Waals surface area contributed by atoms with Crippen LogP contribution in [-0.4, -0.2) is 17.9 Å². The van der Waals surface area contributed by atoms with Gasteiger partial charge in [-0.1, -0.05) is 6.07 Å². The minimum absolute atomic E-state index is 0.0510. The van der Waals surface area contributed by atoms with Crippen molar-refractivity contribution in [2.75, 3.05) is 0 Å². The molecule has 0 aromatic heterocycles. The number of halogens is 1. The molecule has 16 heavy (non-hydrogen) atoms. The Labute approximate surface area is 93.2 Å². The van der Waals surface area contributed by atoms with E-state index in [0.29, 0.717) is 6.29 Å². The zero-order valence-corrected chi connectivity index (χ0v) is 9.41. The van der Waals surface area contributed by atoms with Crippen molar-refractivity contribution in [3.63, 3.8) is 0 Å². The van der Waals surface area contributed by atoms with Crippen molar-refractivity contribution in [3.05, 3.63) is 35.1 Å². The number of hydrogen-bond donors (Lipinski definition) is 0. The second kappa shape index (κ2) is 4.43. The molecule has 1 aromatic carbocycles. The van der Waals surface area contributed by atoms with Crippen LogP contribution in [0.2, 0.25) is 0 Å². The average molecular weight is 224 g/mol. The Morgan fingerprint density at radius 3 is 2.50 bits per heavy atom. The third-order valence-corrected chi connectivity index (χ3v) is 1.79. The summed E-state index contributed by atoms with van der Waals surface area (Å²) in [6.45, 7) is 5.10. The molecule has 1 aromatic rings. The Hall–Kier alpha value is -1.71. The molecule has 0 amide bonds. The van der Waals surface area contributed by atoms with Crippen molar-refractivity contribution in [1.29, 1.82) is 0 Å². The van der Waals surface area contributed by atoms with E-state index in [1.165, 1.54) is 12.1 Å². The molecule has 0 bridgehead atoms. The molecule has 0 aliphatic heterocycles. The zero-order chi connectivity index (χ0) is 12.3. The van der Waals surface area contributed by atoms with Gasteiger partial charge in [-0.25, -0.2) is 9.18 Å². The maximum absolute atomic E-state index is 13.2. The van der Waals surface area contributed by atoms with Gasteiger partial charge in [0.05, 0.1) is 11.1 Å². The lowest BCUT2D eigenvalue weighted by molar-refractivity contribution is 0.00676. The molecule has 0 aliphatic rings. The molecule has 0 aliphatic carbocycles. The van der Waals surface area contributed by atoms with E-state index in [0.717, 1.165) is 6.07 Å². The minimum atomic E-state index is -0.724. The van der Waals surface area contributed by atoms with E-state index in [2.05, 4.69) is 0 Å². The third-order valence-electron chi connectivity index (χ3n) is 1.79. The van der Waals surface area contributed by atoms with Crippen LogP contribution in [0, 0.1) is 5.82 Å². The van der Waals surface area contributed by atoms with Gasteiger partial charge in [0.15, 0.2) is 6.29 Å². The maximum Gasteiger partial charge on any atom is 0.339 e. The summed E-state index contributed by atoms with van der Waals surface area (Å²) >= 11 is 0. The average Bonchev–Trinajstić information content (AvgIpc) is 2.14. The molecule has 0 saturated heterocycles. The number of carbonyl (C=O) groups is 2. The van der Waals surface area contributed by atoms with Crippen molar-refractivity contribution < 1.29 is 18.7 Å². The summed E-state index contributed by atoms with van der Waals surface area (Å²) in [5, 5.41) is 0. The predicted molar refractivity (Wildman–Crippen MR) is 57.0 cm³/mol. The van der Waals surface area contributed by atoms with E-state index in [9.17, 15) is 14.0 Å². The fraction of sp³-hybridized carbons (Fsp3) is 0.333. The lowest BCUT2D eigenvalue weighted by Gasteiger charge is -2.19. The Balaban J connectivity index is 3.09. The van der Waals surface area contributed by atoms with Crippen LogP contribution < -0.4 is 0 Å². The molecular weight excluding hydrogens is 211 g/mol. The summed E-state index contributed by atoms with van der Waals surface area (Å²) in [7, 11) is 0. The van der Waals surface area contributed by atoms with E-state index in [-0.39, 0.29) is 11.1 Å². The first kappa shape index (κ1) is 12.4. The molecule has 86 valence electrons. The van der Waals surface area contributed by atoms with Gasteiger partial charge in [-0.3, -0.25) is 4.79 Å². The van der Waals surface area contributed by atoms with Crippen LogP contribution in [0.1, 0.15) is 41.5 Å². The number of carbonyl (C=O) groups excluding carboxylic acids is 2. The maximum atomic E-state index is 13.2. The Kier molecular flexibility index (Phi) is 3.42. The SMILES string of the molecule is CC(C)(C)OC(=O)c1cccc(F)c1C=O. The smallest absolute Gasteiger partial charge is 0.339 e. The Bertz CT molecular complexity index is 419. The molecule has 0 atom stereocenters. The van der Waals surface area contributed by atoms with Crippen LogP contribution in [0.15, 0.2) is 18.2 Å². The largest absolute Gasteiger partial charge is 0.456 e. The van der Waals surface area contributed by atoms with Gasteiger partial charge < -0.3 is 4.74 Å². The van der Waals surface area contributed by atoms with Gasteiger partial charge >= 0.3 is 5.97 Å². The van der Waals surface area contributed by atoms with Gasteiger partial charge in [-0.05, 0) is 32.9 Å². The topological polar surface area (TPSA) is 43.4 Å². The molecule has 0 radical (unpaired) electrons. The second-order valence-electron chi connectivity index (χ2n) is 4.32. The number of hydrogen-bond acceptors (Lipinski definition) is 3. The van der Waals surface area contributed by atoms with Gasteiger partial charge in [-0.2, -0.15) is 0 Å². The molecule has 0 N–H and O–H groups in total. The molecule has 0 heterocycles. The molecule has 4 heteroatoms. The molecular formula is C12H13FO3. The number of ether oxygens (including phenoxy) is 1. The van der Waals surface area contributed by atoms with Crippen molar-refractivity contribution >= 4 is 12.3 Å². The highest BCUT2D eigenvalue weighted by atomic mass is 19.1. The number of esters is 1. The quantitative estimate of drug-likeness (QED) is 0.572. The Morgan fingerprint density at radius 2 is 2.00 bits per heavy atom. The molecule has 3 nitrogen and oxygen atoms in total. The summed E-state index contributed by atoms with van der Waals surface area (Å²) in [5.74, 6) is -1.42. The van der Waals surface area contributed by atoms with E-state index >= 15 is 0 Å². The van der Waals surface area contributed by atoms with Gasteiger partial charge in [0.1, 0.15) is 11.4 Å². The monoisotopic (exact) mass is 224 g/mol. The van der Waals surface area contributed by atoms with Crippen LogP contribution in [0.5, 0.6) is 0 Å². The van der Waals surface area contributed by atoms with E-state index in [1.807, 2.05) is 0 Å². The van der Waals surface area contributed by atoms with Crippen molar-refractivity contribution in [2.24, 2.45) is 0 Å². The summed E-state index contributed by atoms with van der Waals surface area (Å²) in [6.07, 6.45) is 0.314. The highest BCUT2D eigenvalue weighted by Crippen LogP contribution is 2.16. The molecule has 0 saturated carbocycles. The van der Waals surface area contributed by atoms with E-state index in [4.69, 9.17) is 4.74 Å². The highest BCUT2D eigenvalue weighted by molar-refractivity contribution is 5.98. The van der Waals surface area contributed by atoms with Gasteiger partial charge in [0, 0.05) is 0 Å². The highest BCUT2D eigenvalue weighted by Gasteiger charge is 2.21. The summed E-state index contributed by atoms with van der Waals surface area (Å²) < 4.78 is 18.3. The van der Waals surface area contributed by atoms with Crippen molar-refractivity contribution in [3.8, 4) is 0 Å². The van der Waals surface area contributed by atoms with Crippen molar-refractivity contribution in [1.82, 2.24) is 0 Å². The predicted octanol–water partition coefficient (Wildman–Crippen LogP) is 2.59. The molecule has 1 rings (SSSR count). The summed E-state index contributed by atoms with van der Waals surface area (Å²) in [4.78, 5) is 22.3. The fourth-order valence-corrected chi connectivity index (χ4v) is 1.17. The number of benzene rings is 1.